The highest BCUT2D eigenvalue weighted by atomic mass is 16.5. The Morgan fingerprint density at radius 3 is 1.96 bits per heavy atom. The van der Waals surface area contributed by atoms with Gasteiger partial charge in [0.15, 0.2) is 0 Å². The van der Waals surface area contributed by atoms with Gasteiger partial charge in [-0.15, -0.1) is 0 Å². The van der Waals surface area contributed by atoms with Crippen molar-refractivity contribution in [1.29, 1.82) is 0 Å². The van der Waals surface area contributed by atoms with Crippen LogP contribution in [0.4, 0.5) is 0 Å². The van der Waals surface area contributed by atoms with E-state index < -0.39 is 6.10 Å². The summed E-state index contributed by atoms with van der Waals surface area (Å²) in [6.45, 7) is 13.2. The third kappa shape index (κ3) is 16.1. The van der Waals surface area contributed by atoms with E-state index in [-0.39, 0.29) is 12.4 Å². The Kier molecular flexibility index (Phi) is 13.5. The number of allylic oxidation sites excluding steroid dienone is 4. The molecule has 1 unspecified atom stereocenters. The molecular formula is C22H40O3. The van der Waals surface area contributed by atoms with Crippen molar-refractivity contribution >= 4 is 5.97 Å². The van der Waals surface area contributed by atoms with Gasteiger partial charge < -0.3 is 9.84 Å². The van der Waals surface area contributed by atoms with Crippen molar-refractivity contribution in [2.45, 2.75) is 92.6 Å². The molecule has 0 spiro atoms. The molecule has 0 saturated heterocycles. The molecule has 0 aromatic carbocycles. The van der Waals surface area contributed by atoms with Gasteiger partial charge in [-0.25, -0.2) is 0 Å². The number of aliphatic hydroxyl groups excluding tert-OH is 1. The molecule has 3 heteroatoms. The first-order valence-corrected chi connectivity index (χ1v) is 9.81. The van der Waals surface area contributed by atoms with Crippen LogP contribution in [0.2, 0.25) is 0 Å². The number of carbonyl (C=O) groups is 1. The number of hydrogen-bond acceptors (Lipinski definition) is 3. The molecule has 0 aromatic heterocycles. The maximum atomic E-state index is 11.8. The first-order valence-electron chi connectivity index (χ1n) is 9.81. The molecule has 146 valence electrons. The van der Waals surface area contributed by atoms with Crippen LogP contribution in [0.1, 0.15) is 86.5 Å². The van der Waals surface area contributed by atoms with Crippen molar-refractivity contribution in [3.8, 4) is 0 Å². The minimum absolute atomic E-state index is 0.110. The van der Waals surface area contributed by atoms with E-state index in [4.69, 9.17) is 4.74 Å². The molecule has 0 radical (unpaired) electrons. The minimum Gasteiger partial charge on any atom is -0.466 e. The summed E-state index contributed by atoms with van der Waals surface area (Å²) in [5.74, 6) is 0.678. The second-order valence-corrected chi connectivity index (χ2v) is 8.03. The summed E-state index contributed by atoms with van der Waals surface area (Å²) in [6, 6.07) is 0. The van der Waals surface area contributed by atoms with Gasteiger partial charge in [0.25, 0.3) is 0 Å². The van der Waals surface area contributed by atoms with Gasteiger partial charge in [-0.2, -0.15) is 0 Å². The molecule has 0 aromatic rings. The Bertz CT molecular complexity index is 415. The quantitative estimate of drug-likeness (QED) is 0.335. The predicted molar refractivity (Wildman–Crippen MR) is 106 cm³/mol. The number of esters is 1. The third-order valence-corrected chi connectivity index (χ3v) is 4.37. The van der Waals surface area contributed by atoms with Gasteiger partial charge >= 0.3 is 5.97 Å². The van der Waals surface area contributed by atoms with E-state index in [1.807, 2.05) is 0 Å². The summed E-state index contributed by atoms with van der Waals surface area (Å²) < 4.78 is 5.28. The maximum Gasteiger partial charge on any atom is 0.308 e. The third-order valence-electron chi connectivity index (χ3n) is 4.37. The highest BCUT2D eigenvalue weighted by Crippen LogP contribution is 2.16. The molecule has 3 atom stereocenters. The lowest BCUT2D eigenvalue weighted by Gasteiger charge is -2.16. The van der Waals surface area contributed by atoms with Crippen molar-refractivity contribution in [1.82, 2.24) is 0 Å². The molecule has 0 aliphatic rings. The fraction of sp³-hybridized carbons (Fsp3) is 0.773. The zero-order valence-electron chi connectivity index (χ0n) is 17.3. The highest BCUT2D eigenvalue weighted by Gasteiger charge is 2.15. The van der Waals surface area contributed by atoms with E-state index in [2.05, 4.69) is 53.7 Å². The lowest BCUT2D eigenvalue weighted by Crippen LogP contribution is -2.19. The van der Waals surface area contributed by atoms with Crippen LogP contribution in [0, 0.1) is 11.8 Å². The number of ether oxygens (including phenoxy) is 1. The lowest BCUT2D eigenvalue weighted by molar-refractivity contribution is -0.146. The van der Waals surface area contributed by atoms with Crippen LogP contribution in [0.3, 0.4) is 0 Å². The second kappa shape index (κ2) is 14.1. The van der Waals surface area contributed by atoms with E-state index >= 15 is 0 Å². The van der Waals surface area contributed by atoms with Gasteiger partial charge in [-0.3, -0.25) is 4.79 Å². The molecule has 0 bridgehead atoms. The molecule has 25 heavy (non-hydrogen) atoms. The summed E-state index contributed by atoms with van der Waals surface area (Å²) in [5, 5.41) is 10.1. The summed E-state index contributed by atoms with van der Waals surface area (Å²) in [6.07, 6.45) is 9.81. The standard InChI is InChI=1S/C22H40O3/c1-17(2)9-7-11-19(5)13-14-25-22(24)16-21(23)15-20(6)12-8-10-18(3)4/h9-10,19-21,23H,7-8,11-16H2,1-6H3/t19-,20+,21?/m1/s1. The summed E-state index contributed by atoms with van der Waals surface area (Å²) >= 11 is 0. The van der Waals surface area contributed by atoms with Gasteiger partial charge in [0.05, 0.1) is 19.1 Å². The SMILES string of the molecule is CC(C)=CCC[C@@H](C)CCOC(=O)CC(O)C[C@@H](C)CCC=C(C)C. The number of carbonyl (C=O) groups excluding carboxylic acids is 1. The fourth-order valence-corrected chi connectivity index (χ4v) is 2.75. The first kappa shape index (κ1) is 23.9. The maximum absolute atomic E-state index is 11.8. The average molecular weight is 353 g/mol. The van der Waals surface area contributed by atoms with Crippen LogP contribution in [0.5, 0.6) is 0 Å². The van der Waals surface area contributed by atoms with Crippen LogP contribution in [0.15, 0.2) is 23.3 Å². The molecule has 3 nitrogen and oxygen atoms in total. The van der Waals surface area contributed by atoms with E-state index in [1.165, 1.54) is 11.1 Å². The zero-order valence-corrected chi connectivity index (χ0v) is 17.3. The smallest absolute Gasteiger partial charge is 0.308 e. The largest absolute Gasteiger partial charge is 0.466 e. The van der Waals surface area contributed by atoms with Crippen molar-refractivity contribution in [3.63, 3.8) is 0 Å². The number of rotatable bonds is 13. The minimum atomic E-state index is -0.593. The monoisotopic (exact) mass is 352 g/mol. The molecular weight excluding hydrogens is 312 g/mol. The molecule has 0 fully saturated rings. The first-order chi connectivity index (χ1) is 11.7. The Hall–Kier alpha value is -1.09. The van der Waals surface area contributed by atoms with Crippen LogP contribution in [-0.4, -0.2) is 23.8 Å². The molecule has 0 rings (SSSR count). The van der Waals surface area contributed by atoms with Gasteiger partial charge in [0.2, 0.25) is 0 Å². The molecule has 0 heterocycles. The molecule has 1 N–H and O–H groups in total. The van der Waals surface area contributed by atoms with Gasteiger partial charge in [-0.05, 0) is 78.1 Å². The van der Waals surface area contributed by atoms with E-state index in [0.717, 1.165) is 32.1 Å². The lowest BCUT2D eigenvalue weighted by atomic mass is 9.96. The van der Waals surface area contributed by atoms with Crippen molar-refractivity contribution in [2.24, 2.45) is 11.8 Å². The van der Waals surface area contributed by atoms with Crippen LogP contribution in [0.25, 0.3) is 0 Å². The van der Waals surface area contributed by atoms with Gasteiger partial charge in [0, 0.05) is 0 Å². The topological polar surface area (TPSA) is 46.5 Å². The van der Waals surface area contributed by atoms with Crippen molar-refractivity contribution in [3.05, 3.63) is 23.3 Å². The highest BCUT2D eigenvalue weighted by molar-refractivity contribution is 5.69. The van der Waals surface area contributed by atoms with E-state index in [1.54, 1.807) is 0 Å². The Balaban J connectivity index is 3.83. The Morgan fingerprint density at radius 1 is 0.920 bits per heavy atom. The fourth-order valence-electron chi connectivity index (χ4n) is 2.75. The summed E-state index contributed by atoms with van der Waals surface area (Å²) in [4.78, 5) is 11.8. The normalized spacial score (nSPS) is 14.4. The Labute approximate surface area is 155 Å². The van der Waals surface area contributed by atoms with E-state index in [0.29, 0.717) is 24.9 Å². The molecule has 0 aliphatic carbocycles. The zero-order chi connectivity index (χ0) is 19.2. The van der Waals surface area contributed by atoms with Crippen LogP contribution in [-0.2, 0) is 9.53 Å². The molecule has 0 aliphatic heterocycles. The molecule has 0 amide bonds. The number of hydrogen-bond donors (Lipinski definition) is 1. The number of aliphatic hydroxyl groups is 1. The summed E-state index contributed by atoms with van der Waals surface area (Å²) in [7, 11) is 0. The predicted octanol–water partition coefficient (Wildman–Crippen LogP) is 5.83. The van der Waals surface area contributed by atoms with Crippen LogP contribution < -0.4 is 0 Å². The van der Waals surface area contributed by atoms with E-state index in [9.17, 15) is 9.90 Å². The van der Waals surface area contributed by atoms with Crippen LogP contribution >= 0.6 is 0 Å². The van der Waals surface area contributed by atoms with Gasteiger partial charge in [-0.1, -0.05) is 37.1 Å². The second-order valence-electron chi connectivity index (χ2n) is 8.03. The average Bonchev–Trinajstić information content (AvgIpc) is 2.45. The van der Waals surface area contributed by atoms with Crippen molar-refractivity contribution in [2.75, 3.05) is 6.61 Å². The summed E-state index contributed by atoms with van der Waals surface area (Å²) in [5.41, 5.74) is 2.68. The van der Waals surface area contributed by atoms with Crippen molar-refractivity contribution < 1.29 is 14.6 Å². The molecule has 0 saturated carbocycles. The van der Waals surface area contributed by atoms with Gasteiger partial charge in [0.1, 0.15) is 0 Å². The Morgan fingerprint density at radius 2 is 1.44 bits per heavy atom.